The average Bonchev–Trinajstić information content (AvgIpc) is 2.70. The van der Waals surface area contributed by atoms with Gasteiger partial charge in [-0.25, -0.2) is 0 Å². The topological polar surface area (TPSA) is 52.5 Å². The van der Waals surface area contributed by atoms with Gasteiger partial charge in [-0.2, -0.15) is 0 Å². The van der Waals surface area contributed by atoms with E-state index in [1.807, 2.05) is 0 Å². The van der Waals surface area contributed by atoms with Gasteiger partial charge < -0.3 is 10.2 Å². The van der Waals surface area contributed by atoms with E-state index in [0.29, 0.717) is 0 Å². The number of hydrogen-bond donors (Lipinski definition) is 3. The lowest BCUT2D eigenvalue weighted by molar-refractivity contribution is 0.0310. The summed E-state index contributed by atoms with van der Waals surface area (Å²) in [6.45, 7) is 4.52. The molecule has 3 heteroatoms. The Bertz CT molecular complexity index is 298. The van der Waals surface area contributed by atoms with Crippen LogP contribution >= 0.6 is 0 Å². The lowest BCUT2D eigenvalue weighted by Crippen LogP contribution is -2.38. The third-order valence-corrected chi connectivity index (χ3v) is 6.05. The molecule has 0 bridgehead atoms. The van der Waals surface area contributed by atoms with Crippen molar-refractivity contribution in [3.8, 4) is 0 Å². The molecule has 0 spiro atoms. The third kappa shape index (κ3) is 24.0. The van der Waals surface area contributed by atoms with Crippen molar-refractivity contribution in [2.45, 2.75) is 168 Å². The molecule has 0 amide bonds. The minimum atomic E-state index is -0.553. The van der Waals surface area contributed by atoms with Gasteiger partial charge >= 0.3 is 0 Å². The predicted molar refractivity (Wildman–Crippen MR) is 128 cm³/mol. The van der Waals surface area contributed by atoms with Gasteiger partial charge in [-0.3, -0.25) is 5.32 Å². The Hall–Kier alpha value is -0.120. The first kappa shape index (κ1) is 28.9. The Kier molecular flexibility index (Phi) is 24.1. The molecule has 0 aliphatic rings. The van der Waals surface area contributed by atoms with Crippen molar-refractivity contribution in [1.29, 1.82) is 0 Å². The van der Waals surface area contributed by atoms with Crippen molar-refractivity contribution in [2.24, 2.45) is 0 Å². The summed E-state index contributed by atoms with van der Waals surface area (Å²) in [5.74, 6) is 0. The van der Waals surface area contributed by atoms with E-state index in [9.17, 15) is 10.2 Å². The minimum Gasteiger partial charge on any atom is -0.379 e. The molecular formula is C26H55NO2. The molecule has 0 rings (SSSR count). The van der Waals surface area contributed by atoms with E-state index in [1.165, 1.54) is 116 Å². The van der Waals surface area contributed by atoms with Crippen LogP contribution < -0.4 is 5.32 Å². The van der Waals surface area contributed by atoms with Gasteiger partial charge in [-0.1, -0.05) is 129 Å². The van der Waals surface area contributed by atoms with Crippen molar-refractivity contribution < 1.29 is 10.2 Å². The van der Waals surface area contributed by atoms with Crippen molar-refractivity contribution >= 4 is 0 Å². The molecule has 0 aromatic carbocycles. The smallest absolute Gasteiger partial charge is 0.106 e. The molecule has 0 heterocycles. The number of aliphatic hydroxyl groups is 2. The van der Waals surface area contributed by atoms with Crippen LogP contribution in [-0.4, -0.2) is 22.7 Å². The Morgan fingerprint density at radius 3 is 0.931 bits per heavy atom. The molecule has 2 unspecified atom stereocenters. The third-order valence-electron chi connectivity index (χ3n) is 6.05. The summed E-state index contributed by atoms with van der Waals surface area (Å²) in [5.41, 5.74) is 0. The van der Waals surface area contributed by atoms with Crippen molar-refractivity contribution in [1.82, 2.24) is 5.32 Å². The van der Waals surface area contributed by atoms with Crippen LogP contribution in [0.4, 0.5) is 0 Å². The van der Waals surface area contributed by atoms with Crippen molar-refractivity contribution in [2.75, 3.05) is 0 Å². The second-order valence-corrected chi connectivity index (χ2v) is 9.14. The number of unbranched alkanes of at least 4 members (excludes halogenated alkanes) is 18. The second kappa shape index (κ2) is 24.2. The van der Waals surface area contributed by atoms with Gasteiger partial charge in [0, 0.05) is 0 Å². The zero-order chi connectivity index (χ0) is 21.4. The second-order valence-electron chi connectivity index (χ2n) is 9.14. The summed E-state index contributed by atoms with van der Waals surface area (Å²) in [5, 5.41) is 23.0. The maximum absolute atomic E-state index is 10.0. The normalized spacial score (nSPS) is 13.7. The zero-order valence-corrected chi connectivity index (χ0v) is 20.1. The first-order valence-electron chi connectivity index (χ1n) is 13.3. The molecule has 0 aliphatic heterocycles. The monoisotopic (exact) mass is 413 g/mol. The summed E-state index contributed by atoms with van der Waals surface area (Å²) in [6, 6.07) is 0. The summed E-state index contributed by atoms with van der Waals surface area (Å²) in [6.07, 6.45) is 26.7. The van der Waals surface area contributed by atoms with Crippen LogP contribution in [0.25, 0.3) is 0 Å². The van der Waals surface area contributed by atoms with E-state index in [1.54, 1.807) is 0 Å². The highest BCUT2D eigenvalue weighted by atomic mass is 16.3. The molecule has 0 saturated carbocycles. The zero-order valence-electron chi connectivity index (χ0n) is 20.1. The largest absolute Gasteiger partial charge is 0.379 e. The summed E-state index contributed by atoms with van der Waals surface area (Å²) >= 11 is 0. The van der Waals surface area contributed by atoms with E-state index in [-0.39, 0.29) is 0 Å². The highest BCUT2D eigenvalue weighted by molar-refractivity contribution is 4.60. The molecule has 0 aromatic heterocycles. The number of nitrogens with one attached hydrogen (secondary N) is 1. The van der Waals surface area contributed by atoms with Crippen LogP contribution in [0.15, 0.2) is 0 Å². The molecule has 2 atom stereocenters. The van der Waals surface area contributed by atoms with Crippen molar-refractivity contribution in [3.63, 3.8) is 0 Å². The highest BCUT2D eigenvalue weighted by Gasteiger charge is 2.09. The lowest BCUT2D eigenvalue weighted by atomic mass is 10.0. The fourth-order valence-corrected chi connectivity index (χ4v) is 4.04. The first-order chi connectivity index (χ1) is 14.2. The predicted octanol–water partition coefficient (Wildman–Crippen LogP) is 7.83. The Morgan fingerprint density at radius 2 is 0.655 bits per heavy atom. The average molecular weight is 414 g/mol. The Morgan fingerprint density at radius 1 is 0.414 bits per heavy atom. The molecule has 3 nitrogen and oxygen atoms in total. The standard InChI is InChI=1S/C26H55NO2/c1-3-5-7-9-11-12-13-14-15-16-18-20-22-24-26(29)27-25(28)23-21-19-17-10-8-6-4-2/h25-29H,3-24H2,1-2H3. The fraction of sp³-hybridized carbons (Fsp3) is 1.00. The molecule has 0 fully saturated rings. The maximum atomic E-state index is 10.0. The van der Waals surface area contributed by atoms with Crippen LogP contribution in [-0.2, 0) is 0 Å². The van der Waals surface area contributed by atoms with E-state index in [0.717, 1.165) is 25.7 Å². The molecule has 0 aromatic rings. The molecular weight excluding hydrogens is 358 g/mol. The van der Waals surface area contributed by atoms with Gasteiger partial charge in [0.2, 0.25) is 0 Å². The molecule has 0 saturated heterocycles. The Labute approximate surface area is 183 Å². The molecule has 0 aliphatic carbocycles. The van der Waals surface area contributed by atoms with Gasteiger partial charge in [0.15, 0.2) is 0 Å². The van der Waals surface area contributed by atoms with E-state index >= 15 is 0 Å². The molecule has 3 N–H and O–H groups in total. The maximum Gasteiger partial charge on any atom is 0.106 e. The lowest BCUT2D eigenvalue weighted by Gasteiger charge is -2.18. The van der Waals surface area contributed by atoms with E-state index in [2.05, 4.69) is 19.2 Å². The van der Waals surface area contributed by atoms with E-state index < -0.39 is 12.5 Å². The molecule has 176 valence electrons. The van der Waals surface area contributed by atoms with Gasteiger partial charge in [-0.05, 0) is 25.7 Å². The molecule has 29 heavy (non-hydrogen) atoms. The minimum absolute atomic E-state index is 0.553. The number of aliphatic hydroxyl groups excluding tert-OH is 2. The number of rotatable bonds is 24. The highest BCUT2D eigenvalue weighted by Crippen LogP contribution is 2.14. The van der Waals surface area contributed by atoms with Gasteiger partial charge in [-0.15, -0.1) is 0 Å². The first-order valence-corrected chi connectivity index (χ1v) is 13.3. The quantitative estimate of drug-likeness (QED) is 0.112. The number of hydrogen-bond acceptors (Lipinski definition) is 3. The van der Waals surface area contributed by atoms with Crippen LogP contribution in [0.3, 0.4) is 0 Å². The van der Waals surface area contributed by atoms with Gasteiger partial charge in [0.25, 0.3) is 0 Å². The van der Waals surface area contributed by atoms with Crippen LogP contribution in [0, 0.1) is 0 Å². The van der Waals surface area contributed by atoms with Crippen LogP contribution in [0.5, 0.6) is 0 Å². The summed E-state index contributed by atoms with van der Waals surface area (Å²) in [4.78, 5) is 0. The fourth-order valence-electron chi connectivity index (χ4n) is 4.04. The van der Waals surface area contributed by atoms with E-state index in [4.69, 9.17) is 0 Å². The summed E-state index contributed by atoms with van der Waals surface area (Å²) < 4.78 is 0. The Balaban J connectivity index is 3.27. The SMILES string of the molecule is CCCCCCCCCCCCCCCC(O)NC(O)CCCCCCCCC. The van der Waals surface area contributed by atoms with Crippen LogP contribution in [0.2, 0.25) is 0 Å². The van der Waals surface area contributed by atoms with Gasteiger partial charge in [0.1, 0.15) is 12.5 Å². The van der Waals surface area contributed by atoms with Crippen LogP contribution in [0.1, 0.15) is 155 Å². The van der Waals surface area contributed by atoms with Crippen molar-refractivity contribution in [3.05, 3.63) is 0 Å². The van der Waals surface area contributed by atoms with Gasteiger partial charge in [0.05, 0.1) is 0 Å². The molecule has 0 radical (unpaired) electrons. The summed E-state index contributed by atoms with van der Waals surface area (Å²) in [7, 11) is 0.